The van der Waals surface area contributed by atoms with Gasteiger partial charge in [0.15, 0.2) is 5.78 Å². The van der Waals surface area contributed by atoms with Crippen LogP contribution in [0.15, 0.2) is 17.5 Å². The lowest BCUT2D eigenvalue weighted by Crippen LogP contribution is -2.41. The van der Waals surface area contributed by atoms with E-state index in [1.54, 1.807) is 17.5 Å². The summed E-state index contributed by atoms with van der Waals surface area (Å²) >= 11 is 1.29. The second kappa shape index (κ2) is 6.55. The standard InChI is InChI=1S/C11H14F2N2O2S/c12-11(13,6-14)7-15-10(17)4-3-8(16)9-2-1-5-18-9/h1-2,5H,3-4,6-7,14H2,(H,15,17). The number of thiophene rings is 1. The third-order valence-corrected chi connectivity index (χ3v) is 3.13. The minimum atomic E-state index is -3.10. The van der Waals surface area contributed by atoms with Gasteiger partial charge in [-0.3, -0.25) is 9.59 Å². The molecule has 0 saturated carbocycles. The lowest BCUT2D eigenvalue weighted by molar-refractivity contribution is -0.122. The molecular weight excluding hydrogens is 262 g/mol. The number of amides is 1. The van der Waals surface area contributed by atoms with Crippen LogP contribution in [0.3, 0.4) is 0 Å². The molecule has 0 aromatic carbocycles. The molecule has 7 heteroatoms. The highest BCUT2D eigenvalue weighted by Gasteiger charge is 2.27. The van der Waals surface area contributed by atoms with Crippen LogP contribution in [0.2, 0.25) is 0 Å². The van der Waals surface area contributed by atoms with Crippen LogP contribution >= 0.6 is 11.3 Å². The Bertz CT molecular complexity index is 407. The van der Waals surface area contributed by atoms with Crippen molar-refractivity contribution in [1.82, 2.24) is 5.32 Å². The van der Waals surface area contributed by atoms with E-state index in [9.17, 15) is 18.4 Å². The molecule has 0 fully saturated rings. The van der Waals surface area contributed by atoms with Gasteiger partial charge in [0, 0.05) is 12.8 Å². The Labute approximate surface area is 107 Å². The molecule has 0 saturated heterocycles. The Morgan fingerprint density at radius 2 is 2.11 bits per heavy atom. The molecule has 3 N–H and O–H groups in total. The number of hydrogen-bond acceptors (Lipinski definition) is 4. The third-order valence-electron chi connectivity index (χ3n) is 2.22. The fourth-order valence-corrected chi connectivity index (χ4v) is 1.87. The topological polar surface area (TPSA) is 72.2 Å². The van der Waals surface area contributed by atoms with Gasteiger partial charge in [-0.2, -0.15) is 0 Å². The molecule has 0 aliphatic carbocycles. The van der Waals surface area contributed by atoms with Gasteiger partial charge in [0.1, 0.15) is 0 Å². The van der Waals surface area contributed by atoms with Crippen molar-refractivity contribution >= 4 is 23.0 Å². The molecule has 0 unspecified atom stereocenters. The Morgan fingerprint density at radius 1 is 1.39 bits per heavy atom. The van der Waals surface area contributed by atoms with Crippen LogP contribution in [-0.2, 0) is 4.79 Å². The summed E-state index contributed by atoms with van der Waals surface area (Å²) in [6, 6.07) is 3.40. The van der Waals surface area contributed by atoms with Gasteiger partial charge >= 0.3 is 0 Å². The van der Waals surface area contributed by atoms with E-state index in [-0.39, 0.29) is 18.6 Å². The van der Waals surface area contributed by atoms with Crippen molar-refractivity contribution in [3.8, 4) is 0 Å². The van der Waals surface area contributed by atoms with E-state index in [0.717, 1.165) is 0 Å². The molecule has 1 heterocycles. The second-order valence-electron chi connectivity index (χ2n) is 3.74. The van der Waals surface area contributed by atoms with Gasteiger partial charge in [0.05, 0.1) is 18.0 Å². The largest absolute Gasteiger partial charge is 0.350 e. The van der Waals surface area contributed by atoms with Crippen LogP contribution in [-0.4, -0.2) is 30.7 Å². The maximum atomic E-state index is 12.7. The molecule has 0 spiro atoms. The monoisotopic (exact) mass is 276 g/mol. The summed E-state index contributed by atoms with van der Waals surface area (Å²) < 4.78 is 25.5. The lowest BCUT2D eigenvalue weighted by atomic mass is 10.2. The molecule has 1 amide bonds. The van der Waals surface area contributed by atoms with E-state index in [0.29, 0.717) is 4.88 Å². The molecule has 1 aromatic heterocycles. The highest BCUT2D eigenvalue weighted by molar-refractivity contribution is 7.12. The first-order chi connectivity index (χ1) is 8.44. The van der Waals surface area contributed by atoms with Gasteiger partial charge in [-0.1, -0.05) is 6.07 Å². The molecule has 0 radical (unpaired) electrons. The molecule has 0 atom stereocenters. The number of carbonyl (C=O) groups is 2. The van der Waals surface area contributed by atoms with E-state index in [1.165, 1.54) is 11.3 Å². The summed E-state index contributed by atoms with van der Waals surface area (Å²) in [5.41, 5.74) is 4.82. The molecule has 1 rings (SSSR count). The van der Waals surface area contributed by atoms with Crippen LogP contribution in [0.4, 0.5) is 8.78 Å². The van der Waals surface area contributed by atoms with Crippen molar-refractivity contribution < 1.29 is 18.4 Å². The summed E-state index contributed by atoms with van der Waals surface area (Å²) in [5, 5.41) is 3.82. The summed E-state index contributed by atoms with van der Waals surface area (Å²) in [5.74, 6) is -3.84. The number of halogens is 2. The van der Waals surface area contributed by atoms with Crippen LogP contribution in [0, 0.1) is 0 Å². The SMILES string of the molecule is NCC(F)(F)CNC(=O)CCC(=O)c1cccs1. The van der Waals surface area contributed by atoms with Crippen molar-refractivity contribution in [3.63, 3.8) is 0 Å². The number of hydrogen-bond donors (Lipinski definition) is 2. The fourth-order valence-electron chi connectivity index (χ4n) is 1.18. The van der Waals surface area contributed by atoms with Gasteiger partial charge in [0.2, 0.25) is 5.91 Å². The van der Waals surface area contributed by atoms with Crippen molar-refractivity contribution in [1.29, 1.82) is 0 Å². The summed E-state index contributed by atoms with van der Waals surface area (Å²) in [4.78, 5) is 23.3. The highest BCUT2D eigenvalue weighted by atomic mass is 32.1. The minimum Gasteiger partial charge on any atom is -0.350 e. The Balaban J connectivity index is 2.28. The number of rotatable bonds is 7. The first kappa shape index (κ1) is 14.7. The molecule has 0 aliphatic rings. The zero-order valence-electron chi connectivity index (χ0n) is 9.62. The molecule has 18 heavy (non-hydrogen) atoms. The zero-order chi connectivity index (χ0) is 13.6. The normalized spacial score (nSPS) is 11.3. The first-order valence-electron chi connectivity index (χ1n) is 5.36. The van der Waals surface area contributed by atoms with E-state index < -0.39 is 24.9 Å². The van der Waals surface area contributed by atoms with Gasteiger partial charge in [-0.25, -0.2) is 8.78 Å². The van der Waals surface area contributed by atoms with E-state index >= 15 is 0 Å². The average Bonchev–Trinajstić information content (AvgIpc) is 2.87. The molecule has 4 nitrogen and oxygen atoms in total. The smallest absolute Gasteiger partial charge is 0.277 e. The number of carbonyl (C=O) groups excluding carboxylic acids is 2. The van der Waals surface area contributed by atoms with Gasteiger partial charge in [0.25, 0.3) is 5.92 Å². The van der Waals surface area contributed by atoms with Crippen LogP contribution < -0.4 is 11.1 Å². The third kappa shape index (κ3) is 4.89. The number of nitrogens with one attached hydrogen (secondary N) is 1. The van der Waals surface area contributed by atoms with E-state index in [2.05, 4.69) is 5.32 Å². The number of alkyl halides is 2. The van der Waals surface area contributed by atoms with Crippen LogP contribution in [0.5, 0.6) is 0 Å². The highest BCUT2D eigenvalue weighted by Crippen LogP contribution is 2.12. The average molecular weight is 276 g/mol. The van der Waals surface area contributed by atoms with Crippen molar-refractivity contribution in [2.75, 3.05) is 13.1 Å². The summed E-state index contributed by atoms with van der Waals surface area (Å²) in [7, 11) is 0. The Morgan fingerprint density at radius 3 is 2.67 bits per heavy atom. The lowest BCUT2D eigenvalue weighted by Gasteiger charge is -2.14. The predicted octanol–water partition coefficient (Wildman–Crippen LogP) is 1.42. The van der Waals surface area contributed by atoms with Crippen molar-refractivity contribution in [3.05, 3.63) is 22.4 Å². The van der Waals surface area contributed by atoms with Crippen LogP contribution in [0.25, 0.3) is 0 Å². The van der Waals surface area contributed by atoms with Crippen LogP contribution in [0.1, 0.15) is 22.5 Å². The zero-order valence-corrected chi connectivity index (χ0v) is 10.4. The molecule has 1 aromatic rings. The predicted molar refractivity (Wildman–Crippen MR) is 64.9 cm³/mol. The number of ketones is 1. The van der Waals surface area contributed by atoms with Gasteiger partial charge < -0.3 is 11.1 Å². The quantitative estimate of drug-likeness (QED) is 0.740. The van der Waals surface area contributed by atoms with Gasteiger partial charge in [-0.15, -0.1) is 11.3 Å². The Kier molecular flexibility index (Phi) is 5.36. The summed E-state index contributed by atoms with van der Waals surface area (Å²) in [6.07, 6.45) is -0.0854. The molecular formula is C11H14F2N2O2S. The maximum absolute atomic E-state index is 12.7. The van der Waals surface area contributed by atoms with E-state index in [4.69, 9.17) is 5.73 Å². The fraction of sp³-hybridized carbons (Fsp3) is 0.455. The van der Waals surface area contributed by atoms with E-state index in [1.807, 2.05) is 0 Å². The maximum Gasteiger partial charge on any atom is 0.277 e. The first-order valence-corrected chi connectivity index (χ1v) is 6.24. The van der Waals surface area contributed by atoms with Crippen molar-refractivity contribution in [2.24, 2.45) is 5.73 Å². The number of nitrogens with two attached hydrogens (primary N) is 1. The molecule has 100 valence electrons. The summed E-state index contributed by atoms with van der Waals surface area (Å²) in [6.45, 7) is -1.61. The Hall–Kier alpha value is -1.34. The van der Waals surface area contributed by atoms with Crippen molar-refractivity contribution in [2.45, 2.75) is 18.8 Å². The second-order valence-corrected chi connectivity index (χ2v) is 4.68. The molecule has 0 bridgehead atoms. The number of Topliss-reactive ketones (excluding diaryl/α,β-unsaturated/α-hetero) is 1. The molecule has 0 aliphatic heterocycles. The minimum absolute atomic E-state index is 0.0144. The van der Waals surface area contributed by atoms with Gasteiger partial charge in [-0.05, 0) is 11.4 Å².